The molecule has 1 aliphatic rings. The normalized spacial score (nSPS) is 17.4. The van der Waals surface area contributed by atoms with Gasteiger partial charge in [0.05, 0.1) is 11.6 Å². The van der Waals surface area contributed by atoms with E-state index in [-0.39, 0.29) is 30.1 Å². The number of rotatable bonds is 5. The first-order chi connectivity index (χ1) is 15.7. The lowest BCUT2D eigenvalue weighted by atomic mass is 9.98. The fourth-order valence-electron chi connectivity index (χ4n) is 3.55. The lowest BCUT2D eigenvalue weighted by Gasteiger charge is -2.31. The maximum atomic E-state index is 13.4. The standard InChI is InChI=1S/C20H21F6N3O4S/c1-12-15(27-18(30)28-17(20(24,25)26)13-5-3-2-4-6-13)11-16(33-12)34(31,32)29-9-7-14(8-10-29)19(21,22)23/h2-6,11,14,17H,7-10H2,1H3,(H2,27,28,30). The van der Waals surface area contributed by atoms with Gasteiger partial charge < -0.3 is 15.1 Å². The van der Waals surface area contributed by atoms with Crippen LogP contribution in [0.5, 0.6) is 0 Å². The number of aryl methyl sites for hydroxylation is 1. The molecule has 1 fully saturated rings. The zero-order chi connectivity index (χ0) is 25.3. The topological polar surface area (TPSA) is 91.7 Å². The Bertz CT molecular complexity index is 1110. The Kier molecular flexibility index (Phi) is 7.22. The van der Waals surface area contributed by atoms with Crippen LogP contribution in [0.25, 0.3) is 0 Å². The maximum Gasteiger partial charge on any atom is 0.412 e. The lowest BCUT2D eigenvalue weighted by Crippen LogP contribution is -2.42. The van der Waals surface area contributed by atoms with Crippen molar-refractivity contribution < 1.29 is 44.0 Å². The van der Waals surface area contributed by atoms with Crippen LogP contribution >= 0.6 is 0 Å². The summed E-state index contributed by atoms with van der Waals surface area (Å²) in [5.41, 5.74) is -0.408. The highest BCUT2D eigenvalue weighted by atomic mass is 32.2. The maximum absolute atomic E-state index is 13.4. The molecule has 1 aromatic heterocycles. The van der Waals surface area contributed by atoms with Crippen molar-refractivity contribution in [1.82, 2.24) is 9.62 Å². The third-order valence-corrected chi connectivity index (χ3v) is 7.14. The molecule has 2 N–H and O–H groups in total. The van der Waals surface area contributed by atoms with Crippen molar-refractivity contribution in [2.45, 2.75) is 43.3 Å². The number of urea groups is 1. The molecule has 34 heavy (non-hydrogen) atoms. The van der Waals surface area contributed by atoms with Gasteiger partial charge >= 0.3 is 18.4 Å². The van der Waals surface area contributed by atoms with E-state index in [1.54, 1.807) is 5.32 Å². The minimum absolute atomic E-state index is 0.109. The van der Waals surface area contributed by atoms with Crippen molar-refractivity contribution >= 4 is 21.7 Å². The van der Waals surface area contributed by atoms with Crippen LogP contribution in [0.1, 0.15) is 30.2 Å². The number of sulfonamides is 1. The Hall–Kier alpha value is -2.74. The number of piperidine rings is 1. The average Bonchev–Trinajstić information content (AvgIpc) is 3.12. The van der Waals surface area contributed by atoms with Crippen LogP contribution in [0.3, 0.4) is 0 Å². The van der Waals surface area contributed by atoms with Gasteiger partial charge in [0.25, 0.3) is 10.0 Å². The van der Waals surface area contributed by atoms with E-state index in [1.807, 2.05) is 0 Å². The van der Waals surface area contributed by atoms with Crippen molar-refractivity contribution in [1.29, 1.82) is 0 Å². The number of hydrogen-bond donors (Lipinski definition) is 2. The van der Waals surface area contributed by atoms with Crippen molar-refractivity contribution in [2.75, 3.05) is 18.4 Å². The molecule has 1 atom stereocenters. The lowest BCUT2D eigenvalue weighted by molar-refractivity contribution is -0.182. The number of furan rings is 1. The molecule has 3 rings (SSSR count). The first-order valence-corrected chi connectivity index (χ1v) is 11.5. The molecule has 14 heteroatoms. The fraction of sp³-hybridized carbons (Fsp3) is 0.450. The molecule has 1 aromatic carbocycles. The molecule has 1 unspecified atom stereocenters. The van der Waals surface area contributed by atoms with Gasteiger partial charge in [-0.2, -0.15) is 30.6 Å². The third-order valence-electron chi connectivity index (χ3n) is 5.39. The van der Waals surface area contributed by atoms with Crippen LogP contribution in [-0.2, 0) is 10.0 Å². The summed E-state index contributed by atoms with van der Waals surface area (Å²) >= 11 is 0. The van der Waals surface area contributed by atoms with E-state index in [4.69, 9.17) is 4.42 Å². The molecular weight excluding hydrogens is 492 g/mol. The average molecular weight is 513 g/mol. The van der Waals surface area contributed by atoms with Gasteiger partial charge in [0.2, 0.25) is 5.09 Å². The third kappa shape index (κ3) is 5.84. The van der Waals surface area contributed by atoms with E-state index in [9.17, 15) is 39.6 Å². The molecule has 0 saturated carbocycles. The second kappa shape index (κ2) is 9.49. The Balaban J connectivity index is 1.71. The highest BCUT2D eigenvalue weighted by Gasteiger charge is 2.44. The number of hydrogen-bond acceptors (Lipinski definition) is 4. The van der Waals surface area contributed by atoms with Crippen LogP contribution < -0.4 is 10.6 Å². The molecule has 2 heterocycles. The minimum atomic E-state index is -4.80. The van der Waals surface area contributed by atoms with Crippen molar-refractivity contribution in [3.05, 3.63) is 47.7 Å². The van der Waals surface area contributed by atoms with Gasteiger partial charge in [0, 0.05) is 19.2 Å². The number of alkyl halides is 6. The molecule has 188 valence electrons. The SMILES string of the molecule is Cc1oc(S(=O)(=O)N2CCC(C(F)(F)F)CC2)cc1NC(=O)NC(c1ccccc1)C(F)(F)F. The quantitative estimate of drug-likeness (QED) is 0.552. The molecular formula is C20H21F6N3O4S. The predicted octanol–water partition coefficient (Wildman–Crippen LogP) is 4.98. The second-order valence-corrected chi connectivity index (χ2v) is 9.61. The van der Waals surface area contributed by atoms with Crippen LogP contribution in [-0.4, -0.2) is 44.2 Å². The monoisotopic (exact) mass is 513 g/mol. The van der Waals surface area contributed by atoms with Gasteiger partial charge in [0.1, 0.15) is 5.76 Å². The molecule has 0 bridgehead atoms. The molecule has 0 spiro atoms. The first-order valence-electron chi connectivity index (χ1n) is 10.1. The summed E-state index contributed by atoms with van der Waals surface area (Å²) < 4.78 is 110. The van der Waals surface area contributed by atoms with Crippen LogP contribution in [0.2, 0.25) is 0 Å². The van der Waals surface area contributed by atoms with Crippen LogP contribution in [0.4, 0.5) is 36.8 Å². The predicted molar refractivity (Wildman–Crippen MR) is 108 cm³/mol. The summed E-state index contributed by atoms with van der Waals surface area (Å²) in [6, 6.07) is 3.97. The van der Waals surface area contributed by atoms with Gasteiger partial charge in [0.15, 0.2) is 6.04 Å². The van der Waals surface area contributed by atoms with E-state index in [0.29, 0.717) is 0 Å². The molecule has 2 aromatic rings. The number of carbonyl (C=O) groups is 1. The minimum Gasteiger partial charge on any atom is -0.446 e. The van der Waals surface area contributed by atoms with Gasteiger partial charge in [-0.05, 0) is 25.3 Å². The number of nitrogens with one attached hydrogen (secondary N) is 2. The number of nitrogens with zero attached hydrogens (tertiary/aromatic N) is 1. The van der Waals surface area contributed by atoms with Gasteiger partial charge in [-0.25, -0.2) is 13.2 Å². The number of halogens is 6. The first kappa shape index (κ1) is 25.9. The summed E-state index contributed by atoms with van der Waals surface area (Å²) in [5, 5.41) is 3.29. The van der Waals surface area contributed by atoms with Crippen molar-refractivity contribution in [3.63, 3.8) is 0 Å². The molecule has 1 saturated heterocycles. The van der Waals surface area contributed by atoms with Crippen LogP contribution in [0, 0.1) is 12.8 Å². The molecule has 2 amide bonds. The van der Waals surface area contributed by atoms with Gasteiger partial charge in [-0.3, -0.25) is 0 Å². The zero-order valence-corrected chi connectivity index (χ0v) is 18.5. The highest BCUT2D eigenvalue weighted by Crippen LogP contribution is 2.36. The number of benzene rings is 1. The fourth-order valence-corrected chi connectivity index (χ4v) is 4.99. The van der Waals surface area contributed by atoms with Crippen molar-refractivity contribution in [2.24, 2.45) is 5.92 Å². The smallest absolute Gasteiger partial charge is 0.412 e. The summed E-state index contributed by atoms with van der Waals surface area (Å²) in [4.78, 5) is 12.3. The Labute approximate surface area is 191 Å². The van der Waals surface area contributed by atoms with E-state index in [1.165, 1.54) is 37.3 Å². The largest absolute Gasteiger partial charge is 0.446 e. The molecule has 7 nitrogen and oxygen atoms in total. The van der Waals surface area contributed by atoms with E-state index in [2.05, 4.69) is 5.32 Å². The van der Waals surface area contributed by atoms with E-state index in [0.717, 1.165) is 10.4 Å². The van der Waals surface area contributed by atoms with Gasteiger partial charge in [-0.15, -0.1) is 0 Å². The molecule has 1 aliphatic heterocycles. The summed E-state index contributed by atoms with van der Waals surface area (Å²) in [6.45, 7) is 0.530. The van der Waals surface area contributed by atoms with Crippen LogP contribution in [0.15, 0.2) is 45.9 Å². The highest BCUT2D eigenvalue weighted by molar-refractivity contribution is 7.89. The Morgan fingerprint density at radius 3 is 2.21 bits per heavy atom. The number of anilines is 1. The number of carbonyl (C=O) groups excluding carboxylic acids is 1. The Morgan fingerprint density at radius 1 is 1.09 bits per heavy atom. The summed E-state index contributed by atoms with van der Waals surface area (Å²) in [6.07, 6.45) is -10.0. The number of amides is 2. The summed E-state index contributed by atoms with van der Waals surface area (Å²) in [7, 11) is -4.31. The molecule has 0 radical (unpaired) electrons. The Morgan fingerprint density at radius 2 is 1.68 bits per heavy atom. The molecule has 0 aliphatic carbocycles. The van der Waals surface area contributed by atoms with Gasteiger partial charge in [-0.1, -0.05) is 30.3 Å². The summed E-state index contributed by atoms with van der Waals surface area (Å²) in [5.74, 6) is -1.72. The van der Waals surface area contributed by atoms with E-state index >= 15 is 0 Å². The van der Waals surface area contributed by atoms with Crippen molar-refractivity contribution in [3.8, 4) is 0 Å². The zero-order valence-electron chi connectivity index (χ0n) is 17.7. The second-order valence-electron chi connectivity index (χ2n) is 7.74. The van der Waals surface area contributed by atoms with E-state index < -0.39 is 58.3 Å².